The van der Waals surface area contributed by atoms with Crippen LogP contribution in [0.15, 0.2) is 18.2 Å². The number of fused-ring (bicyclic) bond motifs is 1. The lowest BCUT2D eigenvalue weighted by molar-refractivity contribution is -0.136. The first-order valence-electron chi connectivity index (χ1n) is 12.1. The average Bonchev–Trinajstić information content (AvgIpc) is 3.08. The highest BCUT2D eigenvalue weighted by atomic mass is 16.6. The van der Waals surface area contributed by atoms with Crippen LogP contribution in [0.4, 0.5) is 10.5 Å². The van der Waals surface area contributed by atoms with Gasteiger partial charge >= 0.3 is 6.09 Å². The Morgan fingerprint density at radius 2 is 1.79 bits per heavy atom. The van der Waals surface area contributed by atoms with Crippen LogP contribution < -0.4 is 16.0 Å². The number of benzene rings is 1. The molecule has 2 heterocycles. The van der Waals surface area contributed by atoms with Crippen molar-refractivity contribution in [2.24, 2.45) is 0 Å². The summed E-state index contributed by atoms with van der Waals surface area (Å²) in [5, 5.41) is 8.55. The van der Waals surface area contributed by atoms with E-state index < -0.39 is 17.6 Å². The lowest BCUT2D eigenvalue weighted by Crippen LogP contribution is -2.52. The van der Waals surface area contributed by atoms with Crippen LogP contribution in [-0.4, -0.2) is 53.4 Å². The average molecular weight is 473 g/mol. The molecule has 0 spiro atoms. The third kappa shape index (κ3) is 6.95. The molecular formula is C25H36N4O5. The van der Waals surface area contributed by atoms with Crippen LogP contribution >= 0.6 is 0 Å². The zero-order chi connectivity index (χ0) is 24.7. The smallest absolute Gasteiger partial charge is 0.407 e. The summed E-state index contributed by atoms with van der Waals surface area (Å²) in [5.41, 5.74) is 1.96. The van der Waals surface area contributed by atoms with Crippen LogP contribution in [0.2, 0.25) is 0 Å². The molecule has 1 atom stereocenters. The molecule has 34 heavy (non-hydrogen) atoms. The maximum Gasteiger partial charge on any atom is 0.407 e. The molecule has 0 radical (unpaired) electrons. The van der Waals surface area contributed by atoms with Crippen molar-refractivity contribution < 1.29 is 23.9 Å². The van der Waals surface area contributed by atoms with Crippen molar-refractivity contribution in [2.75, 3.05) is 18.4 Å². The van der Waals surface area contributed by atoms with Crippen molar-refractivity contribution in [3.63, 3.8) is 0 Å². The molecule has 0 bridgehead atoms. The van der Waals surface area contributed by atoms with Crippen molar-refractivity contribution in [2.45, 2.75) is 83.9 Å². The topological polar surface area (TPSA) is 117 Å². The number of anilines is 1. The summed E-state index contributed by atoms with van der Waals surface area (Å²) in [5.74, 6) is -0.839. The Bertz CT molecular complexity index is 924. The van der Waals surface area contributed by atoms with Gasteiger partial charge in [-0.05, 0) is 52.2 Å². The van der Waals surface area contributed by atoms with Gasteiger partial charge in [-0.2, -0.15) is 0 Å². The SMILES string of the molecule is CC(C)(C)OC(=O)NCCCCCCCNc1cccc2c1CN(C1CCC(=O)NC1=O)C2=O. The van der Waals surface area contributed by atoms with Crippen LogP contribution in [0.1, 0.15) is 81.6 Å². The third-order valence-corrected chi connectivity index (χ3v) is 5.92. The Balaban J connectivity index is 1.36. The summed E-state index contributed by atoms with van der Waals surface area (Å²) in [6.07, 6.45) is 5.32. The zero-order valence-corrected chi connectivity index (χ0v) is 20.4. The molecule has 4 amide bonds. The van der Waals surface area contributed by atoms with Crippen molar-refractivity contribution in [1.82, 2.24) is 15.5 Å². The lowest BCUT2D eigenvalue weighted by Gasteiger charge is -2.29. The molecule has 9 heteroatoms. The molecule has 0 aliphatic carbocycles. The van der Waals surface area contributed by atoms with Crippen LogP contribution in [0.3, 0.4) is 0 Å². The fourth-order valence-corrected chi connectivity index (χ4v) is 4.26. The van der Waals surface area contributed by atoms with Gasteiger partial charge in [-0.1, -0.05) is 25.3 Å². The van der Waals surface area contributed by atoms with E-state index in [-0.39, 0.29) is 24.3 Å². The highest BCUT2D eigenvalue weighted by Gasteiger charge is 2.39. The largest absolute Gasteiger partial charge is 0.444 e. The van der Waals surface area contributed by atoms with E-state index in [0.29, 0.717) is 25.1 Å². The summed E-state index contributed by atoms with van der Waals surface area (Å²) >= 11 is 0. The summed E-state index contributed by atoms with van der Waals surface area (Å²) in [4.78, 5) is 49.7. The molecule has 1 saturated heterocycles. The quantitative estimate of drug-likeness (QED) is 0.355. The monoisotopic (exact) mass is 472 g/mol. The summed E-state index contributed by atoms with van der Waals surface area (Å²) in [6, 6.07) is 5.00. The first-order valence-corrected chi connectivity index (χ1v) is 12.1. The number of rotatable bonds is 10. The van der Waals surface area contributed by atoms with E-state index in [1.807, 2.05) is 32.9 Å². The lowest BCUT2D eigenvalue weighted by atomic mass is 10.0. The number of nitrogens with one attached hydrogen (secondary N) is 3. The molecule has 1 aromatic carbocycles. The number of carbonyl (C=O) groups excluding carboxylic acids is 4. The zero-order valence-electron chi connectivity index (χ0n) is 20.4. The predicted molar refractivity (Wildman–Crippen MR) is 128 cm³/mol. The Labute approximate surface area is 201 Å². The number of carbonyl (C=O) groups is 4. The second-order valence-corrected chi connectivity index (χ2v) is 9.85. The summed E-state index contributed by atoms with van der Waals surface area (Å²) in [6.45, 7) is 7.30. The number of nitrogens with zero attached hydrogens (tertiary/aromatic N) is 1. The molecule has 1 aromatic rings. The molecule has 186 valence electrons. The highest BCUT2D eigenvalue weighted by Crippen LogP contribution is 2.32. The number of imide groups is 1. The van der Waals surface area contributed by atoms with Gasteiger partial charge in [0.2, 0.25) is 11.8 Å². The van der Waals surface area contributed by atoms with Crippen LogP contribution in [0, 0.1) is 0 Å². The number of piperidine rings is 1. The minimum Gasteiger partial charge on any atom is -0.444 e. The van der Waals surface area contributed by atoms with Gasteiger partial charge < -0.3 is 20.3 Å². The van der Waals surface area contributed by atoms with Crippen molar-refractivity contribution in [1.29, 1.82) is 0 Å². The van der Waals surface area contributed by atoms with Gasteiger partial charge in [-0.15, -0.1) is 0 Å². The number of amides is 4. The van der Waals surface area contributed by atoms with Gasteiger partial charge in [0.25, 0.3) is 5.91 Å². The van der Waals surface area contributed by atoms with E-state index in [4.69, 9.17) is 4.74 Å². The van der Waals surface area contributed by atoms with Gasteiger partial charge in [0.05, 0.1) is 0 Å². The molecule has 3 rings (SSSR count). The number of unbranched alkanes of at least 4 members (excludes halogenated alkanes) is 4. The Morgan fingerprint density at radius 3 is 2.50 bits per heavy atom. The number of alkyl carbamates (subject to hydrolysis) is 1. The van der Waals surface area contributed by atoms with Crippen LogP contribution in [0.25, 0.3) is 0 Å². The molecular weight excluding hydrogens is 436 g/mol. The molecule has 0 saturated carbocycles. The molecule has 9 nitrogen and oxygen atoms in total. The van der Waals surface area contributed by atoms with Crippen molar-refractivity contribution >= 4 is 29.5 Å². The summed E-state index contributed by atoms with van der Waals surface area (Å²) < 4.78 is 5.21. The van der Waals surface area contributed by atoms with Gasteiger partial charge in [-0.25, -0.2) is 4.79 Å². The predicted octanol–water partition coefficient (Wildman–Crippen LogP) is 3.33. The standard InChI is InChI=1S/C25H36N4O5/c1-25(2,3)34-24(33)27-15-8-6-4-5-7-14-26-19-11-9-10-17-18(19)16-29(23(17)32)20-12-13-21(30)28-22(20)31/h9-11,20,26H,4-8,12-16H2,1-3H3,(H,27,33)(H,28,30,31). The molecule has 2 aliphatic rings. The Hall–Kier alpha value is -3.10. The van der Waals surface area contributed by atoms with E-state index >= 15 is 0 Å². The van der Waals surface area contributed by atoms with E-state index in [1.165, 1.54) is 0 Å². The molecule has 0 aromatic heterocycles. The first kappa shape index (κ1) is 25.5. The second-order valence-electron chi connectivity index (χ2n) is 9.85. The number of hydrogen-bond acceptors (Lipinski definition) is 6. The molecule has 2 aliphatic heterocycles. The molecule has 1 fully saturated rings. The van der Waals surface area contributed by atoms with Gasteiger partial charge in [-0.3, -0.25) is 19.7 Å². The first-order chi connectivity index (χ1) is 16.2. The van der Waals surface area contributed by atoms with Crippen molar-refractivity contribution in [3.8, 4) is 0 Å². The minimum atomic E-state index is -0.602. The fraction of sp³-hybridized carbons (Fsp3) is 0.600. The second kappa shape index (κ2) is 11.4. The fourth-order valence-electron chi connectivity index (χ4n) is 4.26. The van der Waals surface area contributed by atoms with E-state index in [1.54, 1.807) is 11.0 Å². The van der Waals surface area contributed by atoms with E-state index in [2.05, 4.69) is 16.0 Å². The van der Waals surface area contributed by atoms with E-state index in [9.17, 15) is 19.2 Å². The minimum absolute atomic E-state index is 0.159. The highest BCUT2D eigenvalue weighted by molar-refractivity contribution is 6.06. The van der Waals surface area contributed by atoms with Gasteiger partial charge in [0.15, 0.2) is 0 Å². The van der Waals surface area contributed by atoms with Crippen molar-refractivity contribution in [3.05, 3.63) is 29.3 Å². The summed E-state index contributed by atoms with van der Waals surface area (Å²) in [7, 11) is 0. The number of ether oxygens (including phenoxy) is 1. The Kier molecular flexibility index (Phi) is 8.52. The maximum atomic E-state index is 12.9. The normalized spacial score (nSPS) is 17.9. The van der Waals surface area contributed by atoms with Gasteiger partial charge in [0, 0.05) is 42.9 Å². The molecule has 3 N–H and O–H groups in total. The van der Waals surface area contributed by atoms with E-state index in [0.717, 1.165) is 49.9 Å². The third-order valence-electron chi connectivity index (χ3n) is 5.92. The molecule has 1 unspecified atom stereocenters. The Morgan fingerprint density at radius 1 is 1.09 bits per heavy atom. The number of hydrogen-bond donors (Lipinski definition) is 3. The van der Waals surface area contributed by atoms with Crippen LogP contribution in [0.5, 0.6) is 0 Å². The van der Waals surface area contributed by atoms with Crippen LogP contribution in [-0.2, 0) is 20.9 Å². The van der Waals surface area contributed by atoms with Gasteiger partial charge in [0.1, 0.15) is 11.6 Å². The maximum absolute atomic E-state index is 12.9.